The van der Waals surface area contributed by atoms with Crippen molar-refractivity contribution in [1.82, 2.24) is 19.8 Å². The highest BCUT2D eigenvalue weighted by atomic mass is 16.5. The molecule has 1 aromatic heterocycles. The van der Waals surface area contributed by atoms with Gasteiger partial charge >= 0.3 is 12.1 Å². The molecule has 0 bridgehead atoms. The molecular formula is C23H21N5O4. The zero-order valence-electron chi connectivity index (χ0n) is 17.5. The number of methoxy groups -OCH3 is 1. The molecule has 1 aliphatic heterocycles. The third kappa shape index (κ3) is 4.36. The van der Waals surface area contributed by atoms with Crippen molar-refractivity contribution >= 4 is 24.0 Å². The Morgan fingerprint density at radius 1 is 1.25 bits per heavy atom. The Balaban J connectivity index is 1.69. The molecule has 0 atom stereocenters. The number of carboxylic acid groups (broad SMARTS) is 1. The van der Waals surface area contributed by atoms with Crippen LogP contribution in [0.3, 0.4) is 0 Å². The second-order valence-electron chi connectivity index (χ2n) is 7.13. The van der Waals surface area contributed by atoms with Crippen molar-refractivity contribution < 1.29 is 19.4 Å². The Kier molecular flexibility index (Phi) is 5.71. The number of urea groups is 1. The molecule has 1 fully saturated rings. The number of aliphatic imine (C=N–C) groups is 1. The summed E-state index contributed by atoms with van der Waals surface area (Å²) in [7, 11) is 1.57. The molecule has 0 radical (unpaired) electrons. The number of imidazole rings is 1. The molecule has 162 valence electrons. The monoisotopic (exact) mass is 431 g/mol. The van der Waals surface area contributed by atoms with E-state index in [-0.39, 0.29) is 12.4 Å². The minimum atomic E-state index is -1.39. The molecule has 9 heteroatoms. The van der Waals surface area contributed by atoms with Gasteiger partial charge < -0.3 is 19.7 Å². The largest absolute Gasteiger partial charge is 0.495 e. The lowest BCUT2D eigenvalue weighted by Crippen LogP contribution is -2.30. The lowest BCUT2D eigenvalue weighted by atomic mass is 10.1. The molecule has 0 aliphatic carbocycles. The lowest BCUT2D eigenvalue weighted by molar-refractivity contribution is 0.205. The standard InChI is InChI=1S/C23H21N5O4/c1-15-12-27(14-24-15)19-9-8-17(11-20(19)32-2)10-18-21(26-23(30)31)28(22(29)25-18)13-16-6-4-3-5-7-16/h3-12,14H,13H2,1-2H3,(H,25,29)(H,30,31). The number of benzene rings is 2. The van der Waals surface area contributed by atoms with Crippen LogP contribution in [0.4, 0.5) is 9.59 Å². The van der Waals surface area contributed by atoms with Crippen LogP contribution in [-0.4, -0.2) is 44.6 Å². The molecule has 4 rings (SSSR count). The van der Waals surface area contributed by atoms with Crippen molar-refractivity contribution in [3.05, 3.63) is 83.6 Å². The fourth-order valence-corrected chi connectivity index (χ4v) is 3.42. The predicted octanol–water partition coefficient (Wildman–Crippen LogP) is 3.83. The van der Waals surface area contributed by atoms with E-state index < -0.39 is 12.1 Å². The lowest BCUT2D eigenvalue weighted by Gasteiger charge is -2.14. The average molecular weight is 431 g/mol. The van der Waals surface area contributed by atoms with Gasteiger partial charge in [-0.1, -0.05) is 36.4 Å². The number of aryl methyl sites for hydroxylation is 1. The second kappa shape index (κ2) is 8.76. The minimum absolute atomic E-state index is 0.0413. The maximum absolute atomic E-state index is 12.6. The summed E-state index contributed by atoms with van der Waals surface area (Å²) in [5, 5.41) is 12.0. The van der Waals surface area contributed by atoms with Crippen LogP contribution in [0.25, 0.3) is 11.8 Å². The highest BCUT2D eigenvalue weighted by Gasteiger charge is 2.32. The Hall–Kier alpha value is -4.40. The number of nitrogens with zero attached hydrogens (tertiary/aromatic N) is 4. The summed E-state index contributed by atoms with van der Waals surface area (Å²) in [5.41, 5.74) is 3.53. The first-order valence-corrected chi connectivity index (χ1v) is 9.79. The van der Waals surface area contributed by atoms with Gasteiger partial charge in [0.1, 0.15) is 5.75 Å². The summed E-state index contributed by atoms with van der Waals surface area (Å²) in [6, 6.07) is 14.3. The Labute approximate surface area is 184 Å². The van der Waals surface area contributed by atoms with Gasteiger partial charge in [0, 0.05) is 6.20 Å². The molecule has 9 nitrogen and oxygen atoms in total. The molecule has 0 unspecified atom stereocenters. The van der Waals surface area contributed by atoms with Crippen LogP contribution in [-0.2, 0) is 6.54 Å². The maximum Gasteiger partial charge on any atom is 0.433 e. The van der Waals surface area contributed by atoms with Crippen LogP contribution in [0.5, 0.6) is 5.75 Å². The average Bonchev–Trinajstić information content (AvgIpc) is 3.32. The van der Waals surface area contributed by atoms with Gasteiger partial charge in [0.05, 0.1) is 37.1 Å². The summed E-state index contributed by atoms with van der Waals surface area (Å²) in [4.78, 5) is 33.1. The number of hydrogen-bond acceptors (Lipinski definition) is 4. The van der Waals surface area contributed by atoms with Gasteiger partial charge in [0.2, 0.25) is 0 Å². The van der Waals surface area contributed by atoms with E-state index in [1.54, 1.807) is 25.6 Å². The first-order chi connectivity index (χ1) is 15.4. The van der Waals surface area contributed by atoms with Crippen molar-refractivity contribution in [2.45, 2.75) is 13.5 Å². The zero-order chi connectivity index (χ0) is 22.7. The van der Waals surface area contributed by atoms with Gasteiger partial charge in [0.25, 0.3) is 0 Å². The fraction of sp³-hybridized carbons (Fsp3) is 0.130. The molecule has 2 N–H and O–H groups in total. The van der Waals surface area contributed by atoms with Gasteiger partial charge in [-0.15, -0.1) is 0 Å². The van der Waals surface area contributed by atoms with Crippen LogP contribution in [0.15, 0.2) is 71.7 Å². The highest BCUT2D eigenvalue weighted by molar-refractivity contribution is 6.18. The highest BCUT2D eigenvalue weighted by Crippen LogP contribution is 2.26. The molecule has 1 aliphatic rings. The molecule has 0 spiro atoms. The van der Waals surface area contributed by atoms with Gasteiger partial charge in [-0.05, 0) is 36.3 Å². The van der Waals surface area contributed by atoms with E-state index in [9.17, 15) is 14.7 Å². The quantitative estimate of drug-likeness (QED) is 0.638. The number of amides is 3. The molecule has 32 heavy (non-hydrogen) atoms. The van der Waals surface area contributed by atoms with Gasteiger partial charge in [-0.3, -0.25) is 4.90 Å². The van der Waals surface area contributed by atoms with E-state index in [4.69, 9.17) is 4.74 Å². The Morgan fingerprint density at radius 3 is 2.69 bits per heavy atom. The first kappa shape index (κ1) is 20.9. The van der Waals surface area contributed by atoms with Gasteiger partial charge in [-0.25, -0.2) is 14.6 Å². The van der Waals surface area contributed by atoms with Crippen molar-refractivity contribution in [3.63, 3.8) is 0 Å². The summed E-state index contributed by atoms with van der Waals surface area (Å²) in [6.07, 6.45) is 3.85. The number of ether oxygens (including phenoxy) is 1. The topological polar surface area (TPSA) is 109 Å². The molecular weight excluding hydrogens is 410 g/mol. The molecule has 1 saturated heterocycles. The number of hydrogen-bond donors (Lipinski definition) is 2. The molecule has 0 saturated carbocycles. The number of aromatic nitrogens is 2. The first-order valence-electron chi connectivity index (χ1n) is 9.79. The number of carbonyl (C=O) groups is 2. The third-order valence-corrected chi connectivity index (χ3v) is 4.87. The van der Waals surface area contributed by atoms with Crippen molar-refractivity contribution in [3.8, 4) is 11.4 Å². The Bertz CT molecular complexity index is 1230. The Morgan fingerprint density at radius 2 is 2.03 bits per heavy atom. The smallest absolute Gasteiger partial charge is 0.433 e. The summed E-state index contributed by atoms with van der Waals surface area (Å²) in [5.74, 6) is 0.638. The number of carbonyl (C=O) groups excluding carboxylic acids is 1. The maximum atomic E-state index is 12.6. The van der Waals surface area contributed by atoms with Gasteiger partial charge in [0.15, 0.2) is 5.84 Å². The SMILES string of the molecule is COc1cc(C=C2NC(=O)N(Cc3ccccc3)C2=NC(=O)O)ccc1-n1cnc(C)c1. The predicted molar refractivity (Wildman–Crippen MR) is 119 cm³/mol. The van der Waals surface area contributed by atoms with E-state index >= 15 is 0 Å². The van der Waals surface area contributed by atoms with E-state index in [1.165, 1.54) is 4.90 Å². The van der Waals surface area contributed by atoms with Crippen LogP contribution in [0, 0.1) is 6.92 Å². The second-order valence-corrected chi connectivity index (χ2v) is 7.13. The van der Waals surface area contributed by atoms with Crippen LogP contribution in [0.2, 0.25) is 0 Å². The van der Waals surface area contributed by atoms with Gasteiger partial charge in [-0.2, -0.15) is 4.99 Å². The molecule has 2 heterocycles. The zero-order valence-corrected chi connectivity index (χ0v) is 17.5. The number of nitrogens with one attached hydrogen (secondary N) is 1. The summed E-state index contributed by atoms with van der Waals surface area (Å²) < 4.78 is 7.38. The van der Waals surface area contributed by atoms with Crippen molar-refractivity contribution in [2.24, 2.45) is 4.99 Å². The van der Waals surface area contributed by atoms with Crippen LogP contribution >= 0.6 is 0 Å². The van der Waals surface area contributed by atoms with Crippen LogP contribution in [0.1, 0.15) is 16.8 Å². The van der Waals surface area contributed by atoms with Crippen LogP contribution < -0.4 is 10.1 Å². The molecule has 3 aromatic rings. The van der Waals surface area contributed by atoms with E-state index in [2.05, 4.69) is 15.3 Å². The van der Waals surface area contributed by atoms with E-state index in [1.807, 2.05) is 60.2 Å². The van der Waals surface area contributed by atoms with E-state index in [0.717, 1.165) is 16.9 Å². The van der Waals surface area contributed by atoms with Crippen molar-refractivity contribution in [1.29, 1.82) is 0 Å². The fourth-order valence-electron chi connectivity index (χ4n) is 3.42. The summed E-state index contributed by atoms with van der Waals surface area (Å²) >= 11 is 0. The molecule has 2 aromatic carbocycles. The van der Waals surface area contributed by atoms with E-state index in [0.29, 0.717) is 17.0 Å². The number of amidine groups is 1. The summed E-state index contributed by atoms with van der Waals surface area (Å²) in [6.45, 7) is 2.09. The van der Waals surface area contributed by atoms with Crippen molar-refractivity contribution in [2.75, 3.05) is 7.11 Å². The normalized spacial score (nSPS) is 15.9. The number of rotatable bonds is 5. The third-order valence-electron chi connectivity index (χ3n) is 4.87. The molecule has 3 amide bonds. The minimum Gasteiger partial charge on any atom is -0.495 e.